The molecule has 1 aliphatic heterocycles. The Labute approximate surface area is 126 Å². The Kier molecular flexibility index (Phi) is 3.35. The Morgan fingerprint density at radius 1 is 1.24 bits per heavy atom. The number of carbonyl (C=O) groups excluding carboxylic acids is 2. The summed E-state index contributed by atoms with van der Waals surface area (Å²) in [6, 6.07) is 5.37. The minimum absolute atomic E-state index is 0.0763. The second kappa shape index (κ2) is 5.05. The van der Waals surface area contributed by atoms with Crippen molar-refractivity contribution in [2.75, 3.05) is 11.9 Å². The molecule has 1 unspecified atom stereocenters. The summed E-state index contributed by atoms with van der Waals surface area (Å²) in [5.74, 6) is -0.593. The highest BCUT2D eigenvalue weighted by molar-refractivity contribution is 7.14. The largest absolute Gasteiger partial charge is 0.312 e. The highest BCUT2D eigenvalue weighted by Gasteiger charge is 2.38. The lowest BCUT2D eigenvalue weighted by atomic mass is 10.1. The van der Waals surface area contributed by atoms with Gasteiger partial charge in [0, 0.05) is 11.4 Å². The zero-order chi connectivity index (χ0) is 15.1. The summed E-state index contributed by atoms with van der Waals surface area (Å²) >= 11 is 1.31. The van der Waals surface area contributed by atoms with Gasteiger partial charge in [-0.2, -0.15) is 0 Å². The topological polar surface area (TPSA) is 62.3 Å². The van der Waals surface area contributed by atoms with Crippen molar-refractivity contribution in [3.05, 3.63) is 46.0 Å². The number of hydrogen-bond acceptors (Lipinski definition) is 5. The summed E-state index contributed by atoms with van der Waals surface area (Å²) in [5.41, 5.74) is 2.69. The Morgan fingerprint density at radius 2 is 1.95 bits per heavy atom. The number of nitrogens with zero attached hydrogens (tertiary/aromatic N) is 2. The third-order valence-corrected chi connectivity index (χ3v) is 4.46. The molecule has 108 valence electrons. The number of aromatic nitrogens is 1. The summed E-state index contributed by atoms with van der Waals surface area (Å²) in [7, 11) is 1.84. The second-order valence-corrected chi connectivity index (χ2v) is 5.90. The molecule has 2 aromatic rings. The van der Waals surface area contributed by atoms with Crippen LogP contribution in [0.25, 0.3) is 0 Å². The molecule has 0 fully saturated rings. The Balaban J connectivity index is 2.00. The minimum Gasteiger partial charge on any atom is -0.312 e. The number of anilines is 1. The number of nitrogens with one attached hydrogen (secondary N) is 1. The molecule has 0 radical (unpaired) electrons. The molecule has 0 saturated carbocycles. The number of benzene rings is 1. The fourth-order valence-corrected chi connectivity index (χ4v) is 3.17. The molecular formula is C15H15N3O2S. The van der Waals surface area contributed by atoms with Crippen molar-refractivity contribution in [3.8, 4) is 0 Å². The van der Waals surface area contributed by atoms with E-state index >= 15 is 0 Å². The standard InChI is InChI=1S/C15H15N3O2S/c1-8-4-5-10-11(6-8)14(20)18(13(10)19)15-17-12(7-21-15)9(2)16-3/h4-7,9,16H,1-3H3. The predicted molar refractivity (Wildman–Crippen MR) is 81.9 cm³/mol. The zero-order valence-electron chi connectivity index (χ0n) is 12.0. The maximum atomic E-state index is 12.5. The summed E-state index contributed by atoms with van der Waals surface area (Å²) in [4.78, 5) is 30.5. The molecule has 1 atom stereocenters. The van der Waals surface area contributed by atoms with Crippen molar-refractivity contribution < 1.29 is 9.59 Å². The van der Waals surface area contributed by atoms with E-state index in [1.165, 1.54) is 16.2 Å². The third-order valence-electron chi connectivity index (χ3n) is 3.62. The van der Waals surface area contributed by atoms with Gasteiger partial charge in [-0.1, -0.05) is 11.6 Å². The lowest BCUT2D eigenvalue weighted by Crippen LogP contribution is -2.29. The lowest BCUT2D eigenvalue weighted by molar-refractivity contribution is 0.0926. The molecule has 1 aromatic heterocycles. The van der Waals surface area contributed by atoms with E-state index in [4.69, 9.17) is 0 Å². The summed E-state index contributed by atoms with van der Waals surface area (Å²) < 4.78 is 0. The van der Waals surface area contributed by atoms with Crippen molar-refractivity contribution in [1.82, 2.24) is 10.3 Å². The molecular weight excluding hydrogens is 286 g/mol. The van der Waals surface area contributed by atoms with Crippen LogP contribution in [0.2, 0.25) is 0 Å². The molecule has 21 heavy (non-hydrogen) atoms. The van der Waals surface area contributed by atoms with Crippen molar-refractivity contribution in [3.63, 3.8) is 0 Å². The molecule has 2 amide bonds. The van der Waals surface area contributed by atoms with Gasteiger partial charge in [0.2, 0.25) is 0 Å². The van der Waals surface area contributed by atoms with E-state index in [2.05, 4.69) is 10.3 Å². The maximum Gasteiger partial charge on any atom is 0.268 e. The average molecular weight is 301 g/mol. The van der Waals surface area contributed by atoms with Crippen LogP contribution in [0.1, 0.15) is 44.9 Å². The first-order valence-electron chi connectivity index (χ1n) is 6.65. The molecule has 0 saturated heterocycles. The second-order valence-electron chi connectivity index (χ2n) is 5.06. The monoisotopic (exact) mass is 301 g/mol. The third kappa shape index (κ3) is 2.16. The highest BCUT2D eigenvalue weighted by Crippen LogP contribution is 2.32. The van der Waals surface area contributed by atoms with E-state index in [9.17, 15) is 9.59 Å². The number of aryl methyl sites for hydroxylation is 1. The zero-order valence-corrected chi connectivity index (χ0v) is 12.8. The molecule has 0 spiro atoms. The van der Waals surface area contributed by atoms with Crippen LogP contribution in [-0.4, -0.2) is 23.8 Å². The molecule has 0 bridgehead atoms. The van der Waals surface area contributed by atoms with Crippen LogP contribution in [0, 0.1) is 6.92 Å². The van der Waals surface area contributed by atoms with E-state index in [1.807, 2.05) is 32.3 Å². The fourth-order valence-electron chi connectivity index (χ4n) is 2.25. The summed E-state index contributed by atoms with van der Waals surface area (Å²) in [6.45, 7) is 3.88. The van der Waals surface area contributed by atoms with E-state index < -0.39 is 0 Å². The Hall–Kier alpha value is -2.05. The van der Waals surface area contributed by atoms with Gasteiger partial charge in [-0.3, -0.25) is 9.59 Å². The average Bonchev–Trinajstić information content (AvgIpc) is 3.03. The molecule has 1 aliphatic rings. The molecule has 1 N–H and O–H groups in total. The van der Waals surface area contributed by atoms with Crippen molar-refractivity contribution in [2.45, 2.75) is 19.9 Å². The van der Waals surface area contributed by atoms with Gasteiger partial charge in [0.25, 0.3) is 11.8 Å². The van der Waals surface area contributed by atoms with Crippen LogP contribution in [0.4, 0.5) is 5.13 Å². The number of imide groups is 1. The lowest BCUT2D eigenvalue weighted by Gasteiger charge is -2.10. The van der Waals surface area contributed by atoms with Crippen LogP contribution >= 0.6 is 11.3 Å². The first kappa shape index (κ1) is 13.9. The smallest absolute Gasteiger partial charge is 0.268 e. The van der Waals surface area contributed by atoms with Gasteiger partial charge in [0.1, 0.15) is 0 Å². The number of carbonyl (C=O) groups is 2. The van der Waals surface area contributed by atoms with Crippen LogP contribution in [0.15, 0.2) is 23.6 Å². The summed E-state index contributed by atoms with van der Waals surface area (Å²) in [6.07, 6.45) is 0. The number of fused-ring (bicyclic) bond motifs is 1. The van der Waals surface area contributed by atoms with E-state index in [-0.39, 0.29) is 17.9 Å². The predicted octanol–water partition coefficient (Wildman–Crippen LogP) is 2.53. The first-order valence-corrected chi connectivity index (χ1v) is 7.53. The fraction of sp³-hybridized carbons (Fsp3) is 0.267. The number of rotatable bonds is 3. The summed E-state index contributed by atoms with van der Waals surface area (Å²) in [5, 5.41) is 5.38. The van der Waals surface area contributed by atoms with E-state index in [1.54, 1.807) is 12.1 Å². The Morgan fingerprint density at radius 3 is 2.67 bits per heavy atom. The first-order chi connectivity index (χ1) is 10.0. The molecule has 0 aliphatic carbocycles. The molecule has 5 nitrogen and oxygen atoms in total. The molecule has 3 rings (SSSR count). The Bertz CT molecular complexity index is 738. The number of hydrogen-bond donors (Lipinski definition) is 1. The van der Waals surface area contributed by atoms with Gasteiger partial charge in [-0.05, 0) is 33.0 Å². The van der Waals surface area contributed by atoms with Gasteiger partial charge in [-0.15, -0.1) is 11.3 Å². The van der Waals surface area contributed by atoms with E-state index in [0.29, 0.717) is 16.3 Å². The molecule has 1 aromatic carbocycles. The maximum absolute atomic E-state index is 12.5. The van der Waals surface area contributed by atoms with Crippen molar-refractivity contribution in [2.24, 2.45) is 0 Å². The van der Waals surface area contributed by atoms with Crippen LogP contribution in [-0.2, 0) is 0 Å². The van der Waals surface area contributed by atoms with Gasteiger partial charge >= 0.3 is 0 Å². The minimum atomic E-state index is -0.298. The van der Waals surface area contributed by atoms with Gasteiger partial charge in [0.15, 0.2) is 5.13 Å². The SMILES string of the molecule is CNC(C)c1csc(N2C(=O)c3ccc(C)cc3C2=O)n1. The quantitative estimate of drug-likeness (QED) is 0.885. The molecule has 6 heteroatoms. The van der Waals surface area contributed by atoms with Crippen molar-refractivity contribution >= 4 is 28.3 Å². The van der Waals surface area contributed by atoms with Gasteiger partial charge in [0.05, 0.1) is 16.8 Å². The van der Waals surface area contributed by atoms with Crippen LogP contribution < -0.4 is 10.2 Å². The van der Waals surface area contributed by atoms with Crippen LogP contribution in [0.3, 0.4) is 0 Å². The van der Waals surface area contributed by atoms with Crippen molar-refractivity contribution in [1.29, 1.82) is 0 Å². The van der Waals surface area contributed by atoms with Gasteiger partial charge in [-0.25, -0.2) is 9.88 Å². The highest BCUT2D eigenvalue weighted by atomic mass is 32.1. The molecule has 2 heterocycles. The van der Waals surface area contributed by atoms with E-state index in [0.717, 1.165) is 11.3 Å². The normalized spacial score (nSPS) is 15.5. The van der Waals surface area contributed by atoms with Gasteiger partial charge < -0.3 is 5.32 Å². The number of thiazole rings is 1. The number of amides is 2. The van der Waals surface area contributed by atoms with Crippen LogP contribution in [0.5, 0.6) is 0 Å².